The van der Waals surface area contributed by atoms with Gasteiger partial charge in [-0.15, -0.1) is 0 Å². The van der Waals surface area contributed by atoms with E-state index in [1.165, 1.54) is 11.5 Å². The molecule has 2 aromatic rings. The van der Waals surface area contributed by atoms with Gasteiger partial charge in [-0.2, -0.15) is 0 Å². The Kier molecular flexibility index (Phi) is 3.02. The van der Waals surface area contributed by atoms with Crippen LogP contribution in [0.3, 0.4) is 0 Å². The van der Waals surface area contributed by atoms with Crippen molar-refractivity contribution in [2.75, 3.05) is 0 Å². The highest BCUT2D eigenvalue weighted by molar-refractivity contribution is 9.10. The number of carbonyl (C=O) groups is 2. The maximum absolute atomic E-state index is 11.5. The number of carbonyl (C=O) groups excluding carboxylic acids is 1. The van der Waals surface area contributed by atoms with Gasteiger partial charge in [-0.25, -0.2) is 0 Å². The van der Waals surface area contributed by atoms with E-state index in [1.807, 2.05) is 18.2 Å². The zero-order valence-corrected chi connectivity index (χ0v) is 10.7. The fourth-order valence-electron chi connectivity index (χ4n) is 1.86. The van der Waals surface area contributed by atoms with Crippen molar-refractivity contribution in [2.45, 2.75) is 13.3 Å². The van der Waals surface area contributed by atoms with Crippen LogP contribution in [-0.2, 0) is 11.2 Å². The van der Waals surface area contributed by atoms with Gasteiger partial charge < -0.3 is 5.11 Å². The van der Waals surface area contributed by atoms with Crippen molar-refractivity contribution in [1.29, 1.82) is 0 Å². The monoisotopic (exact) mass is 295 g/mol. The second-order valence-electron chi connectivity index (χ2n) is 3.75. The van der Waals surface area contributed by atoms with Gasteiger partial charge in [0.2, 0.25) is 5.91 Å². The number of carboxylic acids is 1. The van der Waals surface area contributed by atoms with E-state index in [1.54, 1.807) is 6.20 Å². The molecule has 1 aromatic carbocycles. The van der Waals surface area contributed by atoms with Crippen LogP contribution in [0.4, 0.5) is 0 Å². The lowest BCUT2D eigenvalue weighted by Gasteiger charge is -2.00. The molecule has 0 aliphatic rings. The van der Waals surface area contributed by atoms with E-state index >= 15 is 0 Å². The van der Waals surface area contributed by atoms with E-state index in [4.69, 9.17) is 5.11 Å². The number of aromatic nitrogens is 1. The minimum atomic E-state index is -0.910. The standard InChI is InChI=1S/C12H10BrNO3/c1-7(15)14-6-8(5-11(16)17)9-3-2-4-10(13)12(9)14/h2-4,6H,5H2,1H3,(H,16,17). The lowest BCUT2D eigenvalue weighted by Crippen LogP contribution is -2.04. The smallest absolute Gasteiger partial charge is 0.307 e. The summed E-state index contributed by atoms with van der Waals surface area (Å²) in [7, 11) is 0. The largest absolute Gasteiger partial charge is 0.481 e. The zero-order chi connectivity index (χ0) is 12.6. The van der Waals surface area contributed by atoms with Gasteiger partial charge in [-0.3, -0.25) is 14.2 Å². The summed E-state index contributed by atoms with van der Waals surface area (Å²) >= 11 is 3.38. The molecule has 2 rings (SSSR count). The normalized spacial score (nSPS) is 10.7. The highest BCUT2D eigenvalue weighted by Gasteiger charge is 2.15. The predicted octanol–water partition coefficient (Wildman–Crippen LogP) is 2.69. The molecule has 0 amide bonds. The summed E-state index contributed by atoms with van der Waals surface area (Å²) in [6.07, 6.45) is 1.50. The number of hydrogen-bond acceptors (Lipinski definition) is 2. The van der Waals surface area contributed by atoms with Crippen molar-refractivity contribution >= 4 is 38.7 Å². The van der Waals surface area contributed by atoms with Crippen LogP contribution >= 0.6 is 15.9 Å². The summed E-state index contributed by atoms with van der Waals surface area (Å²) in [5.41, 5.74) is 1.36. The van der Waals surface area contributed by atoms with Gasteiger partial charge in [0.15, 0.2) is 0 Å². The highest BCUT2D eigenvalue weighted by Crippen LogP contribution is 2.28. The molecular weight excluding hydrogens is 286 g/mol. The van der Waals surface area contributed by atoms with E-state index < -0.39 is 5.97 Å². The first-order valence-electron chi connectivity index (χ1n) is 5.02. The van der Waals surface area contributed by atoms with Crippen LogP contribution < -0.4 is 0 Å². The van der Waals surface area contributed by atoms with Crippen molar-refractivity contribution in [3.63, 3.8) is 0 Å². The Balaban J connectivity index is 2.75. The summed E-state index contributed by atoms with van der Waals surface area (Å²) in [5, 5.41) is 9.63. The molecule has 0 aliphatic carbocycles. The second kappa shape index (κ2) is 4.33. The summed E-state index contributed by atoms with van der Waals surface area (Å²) in [4.78, 5) is 22.3. The molecule has 1 N–H and O–H groups in total. The van der Waals surface area contributed by atoms with E-state index in [9.17, 15) is 9.59 Å². The summed E-state index contributed by atoms with van der Waals surface area (Å²) in [5.74, 6) is -1.05. The van der Waals surface area contributed by atoms with Crippen LogP contribution in [-0.4, -0.2) is 21.6 Å². The van der Waals surface area contributed by atoms with E-state index in [0.29, 0.717) is 5.56 Å². The number of aliphatic carboxylic acids is 1. The molecule has 4 nitrogen and oxygen atoms in total. The van der Waals surface area contributed by atoms with Crippen LogP contribution in [0.1, 0.15) is 17.3 Å². The molecule has 0 unspecified atom stereocenters. The lowest BCUT2D eigenvalue weighted by atomic mass is 10.1. The Bertz CT molecular complexity index is 615. The number of rotatable bonds is 2. The third-order valence-corrected chi connectivity index (χ3v) is 3.18. The van der Waals surface area contributed by atoms with Gasteiger partial charge in [0.25, 0.3) is 0 Å². The third kappa shape index (κ3) is 2.10. The Labute approximate surface area is 106 Å². The minimum absolute atomic E-state index is 0.0900. The van der Waals surface area contributed by atoms with Crippen molar-refractivity contribution < 1.29 is 14.7 Å². The Hall–Kier alpha value is -1.62. The van der Waals surface area contributed by atoms with Gasteiger partial charge in [-0.05, 0) is 27.6 Å². The first kappa shape index (κ1) is 11.9. The number of hydrogen-bond donors (Lipinski definition) is 1. The molecule has 17 heavy (non-hydrogen) atoms. The minimum Gasteiger partial charge on any atom is -0.481 e. The molecule has 0 spiro atoms. The van der Waals surface area contributed by atoms with Gasteiger partial charge in [-0.1, -0.05) is 12.1 Å². The Morgan fingerprint density at radius 3 is 2.71 bits per heavy atom. The number of fused-ring (bicyclic) bond motifs is 1. The Morgan fingerprint density at radius 1 is 1.41 bits per heavy atom. The topological polar surface area (TPSA) is 59.3 Å². The highest BCUT2D eigenvalue weighted by atomic mass is 79.9. The molecule has 0 fully saturated rings. The van der Waals surface area contributed by atoms with E-state index in [0.717, 1.165) is 15.4 Å². The molecular formula is C12H10BrNO3. The van der Waals surface area contributed by atoms with Crippen LogP contribution in [0, 0.1) is 0 Å². The van der Waals surface area contributed by atoms with Crippen LogP contribution in [0.15, 0.2) is 28.9 Å². The molecule has 0 saturated carbocycles. The maximum atomic E-state index is 11.5. The molecule has 1 aromatic heterocycles. The number of benzene rings is 1. The number of para-hydroxylation sites is 1. The first-order chi connectivity index (χ1) is 8.00. The van der Waals surface area contributed by atoms with E-state index in [-0.39, 0.29) is 12.3 Å². The van der Waals surface area contributed by atoms with Crippen LogP contribution in [0.5, 0.6) is 0 Å². The number of halogens is 1. The molecule has 5 heteroatoms. The van der Waals surface area contributed by atoms with Crippen molar-refractivity contribution in [3.8, 4) is 0 Å². The van der Waals surface area contributed by atoms with Crippen molar-refractivity contribution in [2.24, 2.45) is 0 Å². The molecule has 0 saturated heterocycles. The fraction of sp³-hybridized carbons (Fsp3) is 0.167. The molecule has 1 heterocycles. The second-order valence-corrected chi connectivity index (χ2v) is 4.60. The molecule has 0 atom stereocenters. The van der Waals surface area contributed by atoms with Crippen LogP contribution in [0.25, 0.3) is 10.9 Å². The summed E-state index contributed by atoms with van der Waals surface area (Å²) in [6.45, 7) is 1.45. The van der Waals surface area contributed by atoms with Crippen LogP contribution in [0.2, 0.25) is 0 Å². The lowest BCUT2D eigenvalue weighted by molar-refractivity contribution is -0.136. The number of carboxylic acid groups (broad SMARTS) is 1. The van der Waals surface area contributed by atoms with Gasteiger partial charge in [0, 0.05) is 23.0 Å². The summed E-state index contributed by atoms with van der Waals surface area (Å²) in [6, 6.07) is 5.46. The SMILES string of the molecule is CC(=O)n1cc(CC(=O)O)c2cccc(Br)c21. The molecule has 88 valence electrons. The predicted molar refractivity (Wildman–Crippen MR) is 67.3 cm³/mol. The quantitative estimate of drug-likeness (QED) is 0.927. The third-order valence-electron chi connectivity index (χ3n) is 2.54. The average molecular weight is 296 g/mol. The van der Waals surface area contributed by atoms with Gasteiger partial charge in [0.1, 0.15) is 0 Å². The maximum Gasteiger partial charge on any atom is 0.307 e. The van der Waals surface area contributed by atoms with E-state index in [2.05, 4.69) is 15.9 Å². The van der Waals surface area contributed by atoms with Gasteiger partial charge in [0.05, 0.1) is 11.9 Å². The average Bonchev–Trinajstić information content (AvgIpc) is 2.58. The molecule has 0 bridgehead atoms. The van der Waals surface area contributed by atoms with Crippen molar-refractivity contribution in [3.05, 3.63) is 34.4 Å². The summed E-state index contributed by atoms with van der Waals surface area (Å²) < 4.78 is 2.25. The molecule has 0 radical (unpaired) electrons. The molecule has 0 aliphatic heterocycles. The van der Waals surface area contributed by atoms with Gasteiger partial charge >= 0.3 is 5.97 Å². The number of nitrogens with zero attached hydrogens (tertiary/aromatic N) is 1. The fourth-order valence-corrected chi connectivity index (χ4v) is 2.42. The first-order valence-corrected chi connectivity index (χ1v) is 5.81. The zero-order valence-electron chi connectivity index (χ0n) is 9.11. The van der Waals surface area contributed by atoms with Crippen molar-refractivity contribution in [1.82, 2.24) is 4.57 Å². The Morgan fingerprint density at radius 2 is 2.12 bits per heavy atom.